The molecule has 0 bridgehead atoms. The Bertz CT molecular complexity index is 977. The van der Waals surface area contributed by atoms with Crippen LogP contribution in [0.25, 0.3) is 0 Å². The number of ether oxygens (including phenoxy) is 1. The molecule has 4 N–H and O–H groups in total. The van der Waals surface area contributed by atoms with Crippen LogP contribution in [0.5, 0.6) is 0 Å². The van der Waals surface area contributed by atoms with E-state index >= 15 is 0 Å². The van der Waals surface area contributed by atoms with E-state index in [2.05, 4.69) is 16.0 Å². The quantitative estimate of drug-likeness (QED) is 0.179. The van der Waals surface area contributed by atoms with Crippen molar-refractivity contribution in [1.82, 2.24) is 16.0 Å². The Hall–Kier alpha value is -1.77. The molecule has 2 rings (SSSR count). The standard InChI is InChI=1S/C21H30FN3O8S.Na/c1-12(2)9-16(25-21(29)33-11-13-3-5-15(22)6-4-13)19(27)24-17(20(28)34(30,31)32)10-14-7-8-23-18(14)26;/h3-6,12,14,16-17,20,28H,7-11H2,1-2H3,(H,23,26)(H,24,27)(H,25,29)(H,30,31,32);/q;+1/p-1/t14-,16-,17-,20?;/m0./s1. The van der Waals surface area contributed by atoms with Crippen molar-refractivity contribution in [3.05, 3.63) is 35.6 Å². The molecule has 0 aromatic heterocycles. The van der Waals surface area contributed by atoms with Gasteiger partial charge in [-0.3, -0.25) is 9.59 Å². The molecule has 0 saturated carbocycles. The minimum Gasteiger partial charge on any atom is -0.746 e. The fourth-order valence-electron chi connectivity index (χ4n) is 3.52. The van der Waals surface area contributed by atoms with Gasteiger partial charge in [-0.1, -0.05) is 26.0 Å². The fourth-order valence-corrected chi connectivity index (χ4v) is 4.11. The molecule has 1 unspecified atom stereocenters. The van der Waals surface area contributed by atoms with Crippen LogP contribution in [-0.4, -0.2) is 60.0 Å². The van der Waals surface area contributed by atoms with E-state index in [0.29, 0.717) is 18.5 Å². The molecular formula is C21H29FN3NaO8S. The molecule has 11 nitrogen and oxygen atoms in total. The summed E-state index contributed by atoms with van der Waals surface area (Å²) in [4.78, 5) is 37.0. The van der Waals surface area contributed by atoms with E-state index in [4.69, 9.17) is 4.74 Å². The van der Waals surface area contributed by atoms with Crippen molar-refractivity contribution in [1.29, 1.82) is 0 Å². The van der Waals surface area contributed by atoms with Crippen LogP contribution >= 0.6 is 0 Å². The Morgan fingerprint density at radius 2 is 1.89 bits per heavy atom. The molecule has 0 aliphatic carbocycles. The number of amides is 3. The molecule has 0 spiro atoms. The van der Waals surface area contributed by atoms with Gasteiger partial charge in [-0.15, -0.1) is 0 Å². The number of benzene rings is 1. The fraction of sp³-hybridized carbons (Fsp3) is 0.571. The predicted octanol–water partition coefficient (Wildman–Crippen LogP) is -2.65. The Morgan fingerprint density at radius 1 is 1.26 bits per heavy atom. The first-order valence-corrected chi connectivity index (χ1v) is 12.2. The van der Waals surface area contributed by atoms with Crippen LogP contribution in [0.3, 0.4) is 0 Å². The largest absolute Gasteiger partial charge is 1.00 e. The summed E-state index contributed by atoms with van der Waals surface area (Å²) in [5, 5.41) is 17.3. The molecule has 1 saturated heterocycles. The number of alkyl carbamates (subject to hydrolysis) is 1. The van der Waals surface area contributed by atoms with Crippen molar-refractivity contribution in [2.24, 2.45) is 11.8 Å². The molecule has 1 fully saturated rings. The smallest absolute Gasteiger partial charge is 0.746 e. The van der Waals surface area contributed by atoms with E-state index in [1.807, 2.05) is 0 Å². The number of aliphatic hydroxyl groups is 1. The van der Waals surface area contributed by atoms with E-state index in [0.717, 1.165) is 0 Å². The average Bonchev–Trinajstić information content (AvgIpc) is 3.15. The summed E-state index contributed by atoms with van der Waals surface area (Å²) in [5.74, 6) is -2.46. The molecule has 1 aliphatic rings. The second-order valence-corrected chi connectivity index (χ2v) is 10.0. The first kappa shape index (κ1) is 31.3. The number of carbonyl (C=O) groups excluding carboxylic acids is 3. The van der Waals surface area contributed by atoms with Crippen molar-refractivity contribution in [3.63, 3.8) is 0 Å². The average molecular weight is 526 g/mol. The number of carbonyl (C=O) groups is 3. The van der Waals surface area contributed by atoms with E-state index in [1.165, 1.54) is 24.3 Å². The molecule has 3 amide bonds. The van der Waals surface area contributed by atoms with Gasteiger partial charge in [0.25, 0.3) is 0 Å². The number of hydrogen-bond acceptors (Lipinski definition) is 8. The monoisotopic (exact) mass is 525 g/mol. The van der Waals surface area contributed by atoms with Gasteiger partial charge in [0.15, 0.2) is 5.44 Å². The van der Waals surface area contributed by atoms with Crippen LogP contribution in [0.4, 0.5) is 9.18 Å². The maximum Gasteiger partial charge on any atom is 1.00 e. The molecule has 35 heavy (non-hydrogen) atoms. The predicted molar refractivity (Wildman–Crippen MR) is 116 cm³/mol. The van der Waals surface area contributed by atoms with Crippen LogP contribution in [0.2, 0.25) is 0 Å². The number of rotatable bonds is 11. The molecular weight excluding hydrogens is 496 g/mol. The van der Waals surface area contributed by atoms with Crippen molar-refractivity contribution >= 4 is 28.0 Å². The van der Waals surface area contributed by atoms with Gasteiger partial charge >= 0.3 is 35.7 Å². The summed E-state index contributed by atoms with van der Waals surface area (Å²) in [5.41, 5.74) is -1.96. The van der Waals surface area contributed by atoms with E-state index in [9.17, 15) is 36.9 Å². The van der Waals surface area contributed by atoms with Gasteiger partial charge in [0, 0.05) is 12.5 Å². The zero-order chi connectivity index (χ0) is 25.5. The second kappa shape index (κ2) is 14.1. The summed E-state index contributed by atoms with van der Waals surface area (Å²) < 4.78 is 52.3. The number of hydrogen-bond donors (Lipinski definition) is 4. The number of halogens is 1. The van der Waals surface area contributed by atoms with Crippen molar-refractivity contribution in [3.8, 4) is 0 Å². The first-order chi connectivity index (χ1) is 15.9. The molecule has 1 aromatic carbocycles. The molecule has 14 heteroatoms. The van der Waals surface area contributed by atoms with Crippen molar-refractivity contribution in [2.75, 3.05) is 6.54 Å². The summed E-state index contributed by atoms with van der Waals surface area (Å²) in [6, 6.07) is 2.51. The molecule has 1 aliphatic heterocycles. The van der Waals surface area contributed by atoms with Crippen LogP contribution < -0.4 is 45.5 Å². The zero-order valence-corrected chi connectivity index (χ0v) is 22.6. The van der Waals surface area contributed by atoms with Crippen molar-refractivity contribution in [2.45, 2.75) is 57.2 Å². The first-order valence-electron chi connectivity index (χ1n) is 10.8. The van der Waals surface area contributed by atoms with Crippen LogP contribution in [0.1, 0.15) is 38.7 Å². The van der Waals surface area contributed by atoms with Crippen molar-refractivity contribution < 1.29 is 71.1 Å². The topological polar surface area (TPSA) is 174 Å². The van der Waals surface area contributed by atoms with Gasteiger partial charge in [0.1, 0.15) is 28.6 Å². The zero-order valence-electron chi connectivity index (χ0n) is 19.8. The Labute approximate surface area is 225 Å². The van der Waals surface area contributed by atoms with E-state index in [1.54, 1.807) is 13.8 Å². The third kappa shape index (κ3) is 10.4. The molecule has 4 atom stereocenters. The number of aliphatic hydroxyl groups excluding tert-OH is 1. The minimum atomic E-state index is -5.20. The summed E-state index contributed by atoms with van der Waals surface area (Å²) >= 11 is 0. The van der Waals surface area contributed by atoms with Gasteiger partial charge in [-0.05, 0) is 42.9 Å². The third-order valence-corrected chi connectivity index (χ3v) is 6.19. The Balaban J connectivity index is 0.00000612. The van der Waals surface area contributed by atoms with Gasteiger partial charge in [0.2, 0.25) is 11.8 Å². The maximum atomic E-state index is 13.0. The SMILES string of the molecule is CC(C)C[C@H](NC(=O)OCc1ccc(F)cc1)C(=O)N[C@@H](C[C@@H]1CCNC1=O)C(O)S(=O)(=O)[O-].[Na+]. The van der Waals surface area contributed by atoms with Crippen LogP contribution in [0, 0.1) is 17.7 Å². The van der Waals surface area contributed by atoms with Gasteiger partial charge in [0.05, 0.1) is 6.04 Å². The third-order valence-electron chi connectivity index (χ3n) is 5.27. The Kier molecular flexibility index (Phi) is 12.6. The maximum absolute atomic E-state index is 13.0. The molecule has 1 aromatic rings. The molecule has 0 radical (unpaired) electrons. The van der Waals surface area contributed by atoms with Gasteiger partial charge < -0.3 is 30.3 Å². The van der Waals surface area contributed by atoms with Crippen LogP contribution in [0.15, 0.2) is 24.3 Å². The summed E-state index contributed by atoms with van der Waals surface area (Å²) in [6.45, 7) is 3.72. The Morgan fingerprint density at radius 3 is 2.40 bits per heavy atom. The molecule has 190 valence electrons. The van der Waals surface area contributed by atoms with Gasteiger partial charge in [-0.25, -0.2) is 17.6 Å². The van der Waals surface area contributed by atoms with E-state index < -0.39 is 51.4 Å². The normalized spacial score (nSPS) is 18.1. The summed E-state index contributed by atoms with van der Waals surface area (Å²) in [7, 11) is -5.20. The minimum absolute atomic E-state index is 0. The summed E-state index contributed by atoms with van der Waals surface area (Å²) in [6.07, 6.45) is -0.744. The van der Waals surface area contributed by atoms with E-state index in [-0.39, 0.29) is 60.8 Å². The second-order valence-electron chi connectivity index (χ2n) is 8.54. The number of nitrogens with one attached hydrogen (secondary N) is 3. The van der Waals surface area contributed by atoms with Crippen LogP contribution in [-0.2, 0) is 31.1 Å². The van der Waals surface area contributed by atoms with Gasteiger partial charge in [-0.2, -0.15) is 0 Å². The molecule has 1 heterocycles.